The van der Waals surface area contributed by atoms with Crippen LogP contribution in [0.25, 0.3) is 22.0 Å². The molecule has 1 heterocycles. The molecule has 2 heteroatoms. The highest BCUT2D eigenvalue weighted by Crippen LogP contribution is 2.26. The number of hydrogen-bond acceptors (Lipinski definition) is 2. The minimum Gasteiger partial charge on any atom is -0.383 e. The van der Waals surface area contributed by atoms with Crippen LogP contribution in [0.2, 0.25) is 0 Å². The first-order valence-electron chi connectivity index (χ1n) is 5.96. The van der Waals surface area contributed by atoms with Crippen LogP contribution >= 0.6 is 0 Å². The van der Waals surface area contributed by atoms with Crippen LogP contribution in [0.5, 0.6) is 0 Å². The molecule has 0 unspecified atom stereocenters. The van der Waals surface area contributed by atoms with Crippen LogP contribution in [-0.2, 0) is 0 Å². The normalized spacial score (nSPS) is 10.7. The largest absolute Gasteiger partial charge is 0.383 e. The zero-order valence-electron chi connectivity index (χ0n) is 10.2. The van der Waals surface area contributed by atoms with Gasteiger partial charge in [-0.15, -0.1) is 0 Å². The van der Waals surface area contributed by atoms with E-state index in [9.17, 15) is 0 Å². The third kappa shape index (κ3) is 1.82. The number of hydrogen-bond donors (Lipinski definition) is 1. The number of benzene rings is 2. The number of nitrogens with two attached hydrogens (primary N) is 1. The van der Waals surface area contributed by atoms with Gasteiger partial charge in [0.1, 0.15) is 5.82 Å². The zero-order chi connectivity index (χ0) is 12.5. The maximum absolute atomic E-state index is 6.02. The molecule has 0 aliphatic carbocycles. The summed E-state index contributed by atoms with van der Waals surface area (Å²) in [5.41, 5.74) is 9.27. The first-order chi connectivity index (χ1) is 8.74. The highest BCUT2D eigenvalue weighted by Gasteiger charge is 2.04. The molecule has 3 rings (SSSR count). The number of rotatable bonds is 1. The van der Waals surface area contributed by atoms with Crippen molar-refractivity contribution in [1.82, 2.24) is 4.98 Å². The quantitative estimate of drug-likeness (QED) is 0.695. The Bertz CT molecular complexity index is 717. The van der Waals surface area contributed by atoms with Crippen molar-refractivity contribution in [2.45, 2.75) is 6.92 Å². The van der Waals surface area contributed by atoms with Gasteiger partial charge in [-0.3, -0.25) is 0 Å². The molecule has 2 aromatic carbocycles. The molecule has 0 atom stereocenters. The van der Waals surface area contributed by atoms with Crippen molar-refractivity contribution in [2.75, 3.05) is 5.73 Å². The van der Waals surface area contributed by atoms with E-state index in [0.29, 0.717) is 5.82 Å². The third-order valence-electron chi connectivity index (χ3n) is 3.08. The molecule has 0 saturated heterocycles. The Labute approximate surface area is 106 Å². The SMILES string of the molecule is Cc1cccc(-c2cc3ccccc3c(N)n2)c1. The number of aryl methyl sites for hydroxylation is 1. The highest BCUT2D eigenvalue weighted by molar-refractivity contribution is 5.93. The van der Waals surface area contributed by atoms with Crippen LogP contribution in [0, 0.1) is 6.92 Å². The molecule has 3 aromatic rings. The molecule has 0 bridgehead atoms. The Kier molecular flexibility index (Phi) is 2.49. The van der Waals surface area contributed by atoms with Gasteiger partial charge in [-0.25, -0.2) is 4.98 Å². The van der Waals surface area contributed by atoms with Crippen LogP contribution in [0.1, 0.15) is 5.56 Å². The summed E-state index contributed by atoms with van der Waals surface area (Å²) in [4.78, 5) is 4.49. The van der Waals surface area contributed by atoms with Crippen molar-refractivity contribution in [3.8, 4) is 11.3 Å². The van der Waals surface area contributed by atoms with Crippen molar-refractivity contribution in [1.29, 1.82) is 0 Å². The van der Waals surface area contributed by atoms with Gasteiger partial charge in [0, 0.05) is 10.9 Å². The molecule has 0 radical (unpaired) electrons. The fraction of sp³-hybridized carbons (Fsp3) is 0.0625. The second-order valence-corrected chi connectivity index (χ2v) is 4.48. The van der Waals surface area contributed by atoms with Crippen LogP contribution < -0.4 is 5.73 Å². The number of aromatic nitrogens is 1. The first-order valence-corrected chi connectivity index (χ1v) is 5.96. The Morgan fingerprint density at radius 1 is 0.944 bits per heavy atom. The topological polar surface area (TPSA) is 38.9 Å². The van der Waals surface area contributed by atoms with Crippen molar-refractivity contribution in [3.05, 3.63) is 60.2 Å². The molecule has 0 aliphatic heterocycles. The van der Waals surface area contributed by atoms with Crippen molar-refractivity contribution < 1.29 is 0 Å². The molecule has 18 heavy (non-hydrogen) atoms. The Hall–Kier alpha value is -2.35. The van der Waals surface area contributed by atoms with Crippen molar-refractivity contribution >= 4 is 16.6 Å². The van der Waals surface area contributed by atoms with E-state index >= 15 is 0 Å². The van der Waals surface area contributed by atoms with Gasteiger partial charge in [0.15, 0.2) is 0 Å². The lowest BCUT2D eigenvalue weighted by atomic mass is 10.1. The van der Waals surface area contributed by atoms with Gasteiger partial charge in [0.2, 0.25) is 0 Å². The van der Waals surface area contributed by atoms with Crippen LogP contribution in [0.4, 0.5) is 5.82 Å². The summed E-state index contributed by atoms with van der Waals surface area (Å²) < 4.78 is 0. The standard InChI is InChI=1S/C16H14N2/c1-11-5-4-7-13(9-11)15-10-12-6-2-3-8-14(12)16(17)18-15/h2-10H,1H3,(H2,17,18). The number of anilines is 1. The summed E-state index contributed by atoms with van der Waals surface area (Å²) in [7, 11) is 0. The molecule has 0 spiro atoms. The van der Waals surface area contributed by atoms with E-state index in [1.807, 2.05) is 24.3 Å². The minimum absolute atomic E-state index is 0.588. The van der Waals surface area contributed by atoms with Gasteiger partial charge in [0.25, 0.3) is 0 Å². The first kappa shape index (κ1) is 10.8. The molecule has 0 fully saturated rings. The van der Waals surface area contributed by atoms with Gasteiger partial charge in [-0.1, -0.05) is 48.0 Å². The molecule has 1 aromatic heterocycles. The van der Waals surface area contributed by atoms with E-state index in [-0.39, 0.29) is 0 Å². The predicted octanol–water partition coefficient (Wildman–Crippen LogP) is 3.79. The fourth-order valence-electron chi connectivity index (χ4n) is 2.18. The molecule has 0 aliphatic rings. The van der Waals surface area contributed by atoms with E-state index in [1.54, 1.807) is 0 Å². The monoisotopic (exact) mass is 234 g/mol. The van der Waals surface area contributed by atoms with E-state index < -0.39 is 0 Å². The number of fused-ring (bicyclic) bond motifs is 1. The lowest BCUT2D eigenvalue weighted by Crippen LogP contribution is -1.94. The summed E-state index contributed by atoms with van der Waals surface area (Å²) in [6, 6.07) is 18.4. The second kappa shape index (κ2) is 4.15. The number of pyridine rings is 1. The summed E-state index contributed by atoms with van der Waals surface area (Å²) in [6.07, 6.45) is 0. The predicted molar refractivity (Wildman–Crippen MR) is 76.3 cm³/mol. The van der Waals surface area contributed by atoms with E-state index in [4.69, 9.17) is 5.73 Å². The highest BCUT2D eigenvalue weighted by atomic mass is 14.8. The molecule has 2 nitrogen and oxygen atoms in total. The van der Waals surface area contributed by atoms with Gasteiger partial charge in [-0.05, 0) is 24.4 Å². The Balaban J connectivity index is 2.24. The van der Waals surface area contributed by atoms with Crippen LogP contribution in [0.15, 0.2) is 54.6 Å². The zero-order valence-corrected chi connectivity index (χ0v) is 10.2. The fourth-order valence-corrected chi connectivity index (χ4v) is 2.18. The summed E-state index contributed by atoms with van der Waals surface area (Å²) in [5.74, 6) is 0.588. The molecular weight excluding hydrogens is 220 g/mol. The minimum atomic E-state index is 0.588. The van der Waals surface area contributed by atoms with Crippen molar-refractivity contribution in [2.24, 2.45) is 0 Å². The average molecular weight is 234 g/mol. The molecule has 88 valence electrons. The molecule has 0 amide bonds. The van der Waals surface area contributed by atoms with Gasteiger partial charge in [0.05, 0.1) is 5.69 Å². The van der Waals surface area contributed by atoms with Crippen LogP contribution in [0.3, 0.4) is 0 Å². The Morgan fingerprint density at radius 2 is 1.78 bits per heavy atom. The number of nitrogens with zero attached hydrogens (tertiary/aromatic N) is 1. The second-order valence-electron chi connectivity index (χ2n) is 4.48. The van der Waals surface area contributed by atoms with E-state index in [1.165, 1.54) is 5.56 Å². The van der Waals surface area contributed by atoms with Crippen molar-refractivity contribution in [3.63, 3.8) is 0 Å². The average Bonchev–Trinajstić information content (AvgIpc) is 2.39. The molecule has 2 N–H and O–H groups in total. The summed E-state index contributed by atoms with van der Waals surface area (Å²) in [5, 5.41) is 2.13. The summed E-state index contributed by atoms with van der Waals surface area (Å²) in [6.45, 7) is 2.08. The molecular formula is C16H14N2. The third-order valence-corrected chi connectivity index (χ3v) is 3.08. The van der Waals surface area contributed by atoms with Gasteiger partial charge in [-0.2, -0.15) is 0 Å². The maximum atomic E-state index is 6.02. The van der Waals surface area contributed by atoms with Gasteiger partial charge < -0.3 is 5.73 Å². The lowest BCUT2D eigenvalue weighted by molar-refractivity contribution is 1.35. The van der Waals surface area contributed by atoms with Gasteiger partial charge >= 0.3 is 0 Å². The smallest absolute Gasteiger partial charge is 0.131 e. The molecule has 0 saturated carbocycles. The van der Waals surface area contributed by atoms with Crippen LogP contribution in [-0.4, -0.2) is 4.98 Å². The van der Waals surface area contributed by atoms with E-state index in [0.717, 1.165) is 22.0 Å². The number of nitrogen functional groups attached to an aromatic ring is 1. The maximum Gasteiger partial charge on any atom is 0.131 e. The van der Waals surface area contributed by atoms with E-state index in [2.05, 4.69) is 42.2 Å². The lowest BCUT2D eigenvalue weighted by Gasteiger charge is -2.07. The Morgan fingerprint density at radius 3 is 2.61 bits per heavy atom. The summed E-state index contributed by atoms with van der Waals surface area (Å²) >= 11 is 0.